The minimum Gasteiger partial charge on any atom is -0.493 e. The molecular weight excluding hydrogens is 400 g/mol. The van der Waals surface area contributed by atoms with Crippen LogP contribution in [0.25, 0.3) is 0 Å². The van der Waals surface area contributed by atoms with Crippen LogP contribution < -0.4 is 14.4 Å². The lowest BCUT2D eigenvalue weighted by Crippen LogP contribution is -2.26. The summed E-state index contributed by atoms with van der Waals surface area (Å²) in [5.41, 5.74) is 2.10. The standard InChI is InChI=1S/C23H24N2O4S/c1-18-11-13-21(14-12-18)29-16-15-23(26)24-19-7-6-10-22(17-19)30(27,28)25(2)20-8-4-3-5-9-20/h3-14,17H,15-16H2,1-2H3,(H,24,26). The van der Waals surface area contributed by atoms with Gasteiger partial charge in [0.1, 0.15) is 5.75 Å². The van der Waals surface area contributed by atoms with Crippen molar-refractivity contribution in [1.29, 1.82) is 0 Å². The molecule has 3 aromatic rings. The molecule has 0 aromatic heterocycles. The summed E-state index contributed by atoms with van der Waals surface area (Å²) >= 11 is 0. The quantitative estimate of drug-likeness (QED) is 0.587. The molecule has 0 unspecified atom stereocenters. The molecule has 0 saturated carbocycles. The van der Waals surface area contributed by atoms with Crippen molar-refractivity contribution < 1.29 is 17.9 Å². The average Bonchev–Trinajstić information content (AvgIpc) is 2.75. The lowest BCUT2D eigenvalue weighted by molar-refractivity contribution is -0.116. The normalized spacial score (nSPS) is 11.0. The first kappa shape index (κ1) is 21.4. The molecule has 0 aliphatic heterocycles. The van der Waals surface area contributed by atoms with Crippen LogP contribution in [0.5, 0.6) is 5.75 Å². The van der Waals surface area contributed by atoms with E-state index in [0.717, 1.165) is 5.56 Å². The summed E-state index contributed by atoms with van der Waals surface area (Å²) < 4.78 is 32.6. The molecule has 0 radical (unpaired) electrons. The van der Waals surface area contributed by atoms with Crippen LogP contribution in [0.15, 0.2) is 83.8 Å². The van der Waals surface area contributed by atoms with Gasteiger partial charge in [-0.15, -0.1) is 0 Å². The molecule has 0 aliphatic carbocycles. The Labute approximate surface area is 177 Å². The van der Waals surface area contributed by atoms with Crippen molar-refractivity contribution in [2.24, 2.45) is 0 Å². The van der Waals surface area contributed by atoms with Crippen molar-refractivity contribution in [3.63, 3.8) is 0 Å². The number of amides is 1. The van der Waals surface area contributed by atoms with E-state index in [4.69, 9.17) is 4.74 Å². The van der Waals surface area contributed by atoms with Crippen LogP contribution in [0, 0.1) is 6.92 Å². The van der Waals surface area contributed by atoms with E-state index in [2.05, 4.69) is 5.32 Å². The molecule has 3 rings (SSSR count). The molecule has 156 valence electrons. The van der Waals surface area contributed by atoms with Crippen molar-refractivity contribution >= 4 is 27.3 Å². The summed E-state index contributed by atoms with van der Waals surface area (Å²) in [6.07, 6.45) is 0.148. The second-order valence-corrected chi connectivity index (χ2v) is 8.76. The number of sulfonamides is 1. The van der Waals surface area contributed by atoms with Gasteiger partial charge in [0.25, 0.3) is 10.0 Å². The predicted octanol–water partition coefficient (Wildman–Crippen LogP) is 4.23. The maximum absolute atomic E-state index is 12.9. The summed E-state index contributed by atoms with van der Waals surface area (Å²) in [5.74, 6) is 0.443. The number of carbonyl (C=O) groups is 1. The average molecular weight is 425 g/mol. The van der Waals surface area contributed by atoms with Crippen LogP contribution >= 0.6 is 0 Å². The van der Waals surface area contributed by atoms with Gasteiger partial charge in [-0.05, 0) is 49.4 Å². The minimum absolute atomic E-state index is 0.0996. The number of carbonyl (C=O) groups excluding carboxylic acids is 1. The highest BCUT2D eigenvalue weighted by Crippen LogP contribution is 2.23. The Hall–Kier alpha value is -3.32. The number of nitrogens with zero attached hydrogens (tertiary/aromatic N) is 1. The van der Waals surface area contributed by atoms with E-state index >= 15 is 0 Å². The highest BCUT2D eigenvalue weighted by atomic mass is 32.2. The lowest BCUT2D eigenvalue weighted by Gasteiger charge is -2.19. The number of hydrogen-bond donors (Lipinski definition) is 1. The molecule has 0 saturated heterocycles. The first-order valence-electron chi connectivity index (χ1n) is 9.49. The molecular formula is C23H24N2O4S. The van der Waals surface area contributed by atoms with Gasteiger partial charge < -0.3 is 10.1 Å². The maximum atomic E-state index is 12.9. The molecule has 0 bridgehead atoms. The SMILES string of the molecule is Cc1ccc(OCCC(=O)Nc2cccc(S(=O)(=O)N(C)c3ccccc3)c2)cc1. The summed E-state index contributed by atoms with van der Waals surface area (Å²) in [7, 11) is -2.25. The Morgan fingerprint density at radius 2 is 1.67 bits per heavy atom. The van der Waals surface area contributed by atoms with E-state index in [-0.39, 0.29) is 23.8 Å². The number of aryl methyl sites for hydroxylation is 1. The molecule has 1 N–H and O–H groups in total. The van der Waals surface area contributed by atoms with Crippen LogP contribution in [-0.4, -0.2) is 28.0 Å². The van der Waals surface area contributed by atoms with Crippen molar-refractivity contribution in [1.82, 2.24) is 0 Å². The van der Waals surface area contributed by atoms with Gasteiger partial charge in [-0.2, -0.15) is 0 Å². The highest BCUT2D eigenvalue weighted by Gasteiger charge is 2.21. The molecule has 3 aromatic carbocycles. The van der Waals surface area contributed by atoms with Crippen molar-refractivity contribution in [3.05, 3.63) is 84.4 Å². The second kappa shape index (κ2) is 9.45. The number of rotatable bonds is 8. The van der Waals surface area contributed by atoms with Crippen molar-refractivity contribution in [3.8, 4) is 5.75 Å². The molecule has 30 heavy (non-hydrogen) atoms. The molecule has 0 heterocycles. The lowest BCUT2D eigenvalue weighted by atomic mass is 10.2. The minimum atomic E-state index is -3.75. The number of anilines is 2. The van der Waals surface area contributed by atoms with E-state index in [1.165, 1.54) is 23.5 Å². The zero-order chi connectivity index (χ0) is 21.6. The van der Waals surface area contributed by atoms with Gasteiger partial charge in [-0.3, -0.25) is 9.10 Å². The third kappa shape index (κ3) is 5.39. The van der Waals surface area contributed by atoms with Crippen LogP contribution in [0.4, 0.5) is 11.4 Å². The van der Waals surface area contributed by atoms with Crippen LogP contribution in [0.3, 0.4) is 0 Å². The zero-order valence-electron chi connectivity index (χ0n) is 16.9. The predicted molar refractivity (Wildman–Crippen MR) is 118 cm³/mol. The van der Waals surface area contributed by atoms with Gasteiger partial charge >= 0.3 is 0 Å². The smallest absolute Gasteiger partial charge is 0.264 e. The summed E-state index contributed by atoms with van der Waals surface area (Å²) in [6, 6.07) is 22.6. The summed E-state index contributed by atoms with van der Waals surface area (Å²) in [6.45, 7) is 2.22. The van der Waals surface area contributed by atoms with Crippen LogP contribution in [0.1, 0.15) is 12.0 Å². The molecule has 0 atom stereocenters. The zero-order valence-corrected chi connectivity index (χ0v) is 17.7. The Kier molecular flexibility index (Phi) is 6.74. The van der Waals surface area contributed by atoms with Gasteiger partial charge in [0.05, 0.1) is 23.6 Å². The second-order valence-electron chi connectivity index (χ2n) is 6.80. The first-order valence-corrected chi connectivity index (χ1v) is 10.9. The monoisotopic (exact) mass is 424 g/mol. The Morgan fingerprint density at radius 3 is 2.37 bits per heavy atom. The van der Waals surface area contributed by atoms with Gasteiger partial charge in [-0.1, -0.05) is 42.0 Å². The van der Waals surface area contributed by atoms with Gasteiger partial charge in [0.15, 0.2) is 0 Å². The van der Waals surface area contributed by atoms with Crippen molar-refractivity contribution in [2.75, 3.05) is 23.3 Å². The Balaban J connectivity index is 1.62. The van der Waals surface area contributed by atoms with Gasteiger partial charge in [0, 0.05) is 12.7 Å². The van der Waals surface area contributed by atoms with E-state index in [1.54, 1.807) is 36.4 Å². The first-order chi connectivity index (χ1) is 14.4. The molecule has 7 heteroatoms. The van der Waals surface area contributed by atoms with Crippen molar-refractivity contribution in [2.45, 2.75) is 18.2 Å². The molecule has 0 spiro atoms. The molecule has 0 aliphatic rings. The van der Waals surface area contributed by atoms with Crippen LogP contribution in [0.2, 0.25) is 0 Å². The fourth-order valence-corrected chi connectivity index (χ4v) is 4.03. The van der Waals surface area contributed by atoms with Gasteiger partial charge in [-0.25, -0.2) is 8.42 Å². The number of hydrogen-bond acceptors (Lipinski definition) is 4. The topological polar surface area (TPSA) is 75.7 Å². The fourth-order valence-electron chi connectivity index (χ4n) is 2.79. The molecule has 0 fully saturated rings. The molecule has 1 amide bonds. The van der Waals surface area contributed by atoms with Gasteiger partial charge in [0.2, 0.25) is 5.91 Å². The number of benzene rings is 3. The van der Waals surface area contributed by atoms with E-state index in [0.29, 0.717) is 17.1 Å². The van der Waals surface area contributed by atoms with E-state index in [1.807, 2.05) is 37.3 Å². The third-order valence-electron chi connectivity index (χ3n) is 4.51. The summed E-state index contributed by atoms with van der Waals surface area (Å²) in [5, 5.41) is 2.73. The number of para-hydroxylation sites is 1. The number of ether oxygens (including phenoxy) is 1. The Bertz CT molecular complexity index is 1100. The number of nitrogens with one attached hydrogen (secondary N) is 1. The third-order valence-corrected chi connectivity index (χ3v) is 6.30. The van der Waals surface area contributed by atoms with E-state index < -0.39 is 10.0 Å². The largest absolute Gasteiger partial charge is 0.493 e. The fraction of sp³-hybridized carbons (Fsp3) is 0.174. The summed E-state index contributed by atoms with van der Waals surface area (Å²) in [4.78, 5) is 12.3. The molecule has 6 nitrogen and oxygen atoms in total. The maximum Gasteiger partial charge on any atom is 0.264 e. The van der Waals surface area contributed by atoms with Crippen LogP contribution in [-0.2, 0) is 14.8 Å². The highest BCUT2D eigenvalue weighted by molar-refractivity contribution is 7.92. The Morgan fingerprint density at radius 1 is 0.967 bits per heavy atom. The van der Waals surface area contributed by atoms with E-state index in [9.17, 15) is 13.2 Å².